The van der Waals surface area contributed by atoms with Crippen LogP contribution >= 0.6 is 23.2 Å². The van der Waals surface area contributed by atoms with Crippen molar-refractivity contribution in [2.24, 2.45) is 0 Å². The lowest BCUT2D eigenvalue weighted by Gasteiger charge is -2.16. The highest BCUT2D eigenvalue weighted by Gasteiger charge is 2.12. The molecule has 2 heteroatoms. The van der Waals surface area contributed by atoms with Crippen molar-refractivity contribution in [3.63, 3.8) is 0 Å². The molecule has 19 heavy (non-hydrogen) atoms. The van der Waals surface area contributed by atoms with Crippen LogP contribution in [0.15, 0.2) is 36.4 Å². The summed E-state index contributed by atoms with van der Waals surface area (Å²) >= 11 is 12.3. The van der Waals surface area contributed by atoms with Gasteiger partial charge in [0, 0.05) is 10.0 Å². The molecule has 0 nitrogen and oxygen atoms in total. The number of aryl methyl sites for hydroxylation is 1. The molecule has 0 aliphatic rings. The van der Waals surface area contributed by atoms with E-state index in [2.05, 4.69) is 32.9 Å². The third-order valence-electron chi connectivity index (χ3n) is 3.51. The maximum atomic E-state index is 6.17. The predicted octanol–water partition coefficient (Wildman–Crippen LogP) is 6.48. The van der Waals surface area contributed by atoms with Crippen LogP contribution in [0.5, 0.6) is 0 Å². The summed E-state index contributed by atoms with van der Waals surface area (Å²) in [5.74, 6) is 0.506. The summed E-state index contributed by atoms with van der Waals surface area (Å²) in [7, 11) is 0. The van der Waals surface area contributed by atoms with E-state index in [1.165, 1.54) is 11.1 Å². The highest BCUT2D eigenvalue weighted by molar-refractivity contribution is 6.31. The summed E-state index contributed by atoms with van der Waals surface area (Å²) in [6, 6.07) is 12.3. The number of hydrogen-bond acceptors (Lipinski definition) is 0. The quantitative estimate of drug-likeness (QED) is 0.607. The van der Waals surface area contributed by atoms with Crippen molar-refractivity contribution in [2.45, 2.75) is 33.1 Å². The van der Waals surface area contributed by atoms with Crippen LogP contribution in [-0.4, -0.2) is 0 Å². The van der Waals surface area contributed by atoms with E-state index in [-0.39, 0.29) is 0 Å². The summed E-state index contributed by atoms with van der Waals surface area (Å²) in [5.41, 5.74) is 4.82. The maximum Gasteiger partial charge on any atom is 0.0414 e. The van der Waals surface area contributed by atoms with E-state index in [0.29, 0.717) is 5.92 Å². The smallest absolute Gasteiger partial charge is 0.0414 e. The zero-order valence-electron chi connectivity index (χ0n) is 11.5. The lowest BCUT2D eigenvalue weighted by atomic mass is 9.90. The molecule has 0 amide bonds. The van der Waals surface area contributed by atoms with Crippen LogP contribution in [0.2, 0.25) is 10.0 Å². The molecule has 1 unspecified atom stereocenters. The van der Waals surface area contributed by atoms with E-state index in [9.17, 15) is 0 Å². The van der Waals surface area contributed by atoms with Crippen LogP contribution in [-0.2, 0) is 0 Å². The van der Waals surface area contributed by atoms with Gasteiger partial charge in [0.15, 0.2) is 0 Å². The molecule has 100 valence electrons. The Hall–Kier alpha value is -0.980. The second-order valence-electron chi connectivity index (χ2n) is 5.06. The molecule has 0 aromatic heterocycles. The summed E-state index contributed by atoms with van der Waals surface area (Å²) in [6.07, 6.45) is 1.11. The molecular weight excluding hydrogens is 275 g/mol. The summed E-state index contributed by atoms with van der Waals surface area (Å²) < 4.78 is 0. The fraction of sp³-hybridized carbons (Fsp3) is 0.294. The predicted molar refractivity (Wildman–Crippen MR) is 85.3 cm³/mol. The van der Waals surface area contributed by atoms with Gasteiger partial charge in [0.25, 0.3) is 0 Å². The summed E-state index contributed by atoms with van der Waals surface area (Å²) in [4.78, 5) is 0. The molecule has 2 aromatic rings. The molecule has 0 heterocycles. The van der Waals surface area contributed by atoms with Gasteiger partial charge in [-0.3, -0.25) is 0 Å². The van der Waals surface area contributed by atoms with Gasteiger partial charge in [-0.1, -0.05) is 49.2 Å². The van der Waals surface area contributed by atoms with Gasteiger partial charge < -0.3 is 0 Å². The fourth-order valence-electron chi connectivity index (χ4n) is 2.32. The zero-order chi connectivity index (χ0) is 14.0. The second-order valence-corrected chi connectivity index (χ2v) is 5.93. The Balaban J connectivity index is 2.62. The third kappa shape index (κ3) is 3.32. The molecule has 0 radical (unpaired) electrons. The van der Waals surface area contributed by atoms with Crippen molar-refractivity contribution < 1.29 is 0 Å². The molecular formula is C17H18Cl2. The Morgan fingerprint density at radius 1 is 1.00 bits per heavy atom. The molecule has 0 N–H and O–H groups in total. The first-order valence-corrected chi connectivity index (χ1v) is 7.34. The largest absolute Gasteiger partial charge is 0.0843 e. The highest BCUT2D eigenvalue weighted by atomic mass is 35.5. The molecule has 0 aliphatic heterocycles. The molecule has 1 atom stereocenters. The topological polar surface area (TPSA) is 0 Å². The average Bonchev–Trinajstić information content (AvgIpc) is 2.36. The minimum Gasteiger partial charge on any atom is -0.0843 e. The molecule has 2 rings (SSSR count). The molecule has 0 spiro atoms. The highest BCUT2D eigenvalue weighted by Crippen LogP contribution is 2.34. The van der Waals surface area contributed by atoms with Gasteiger partial charge in [0.05, 0.1) is 0 Å². The molecule has 0 aliphatic carbocycles. The summed E-state index contributed by atoms with van der Waals surface area (Å²) in [6.45, 7) is 6.50. The standard InChI is InChI=1S/C17H18Cl2/c1-4-12(3)16-6-5-14(18)10-17(16)13-7-11(2)8-15(19)9-13/h5-10,12H,4H2,1-3H3. The van der Waals surface area contributed by atoms with Crippen molar-refractivity contribution in [1.82, 2.24) is 0 Å². The van der Waals surface area contributed by atoms with Crippen molar-refractivity contribution >= 4 is 23.2 Å². The Labute approximate surface area is 125 Å². The minimum atomic E-state index is 0.506. The Morgan fingerprint density at radius 3 is 2.37 bits per heavy atom. The average molecular weight is 293 g/mol. The van der Waals surface area contributed by atoms with Gasteiger partial charge in [-0.15, -0.1) is 0 Å². The normalized spacial score (nSPS) is 12.5. The molecule has 0 saturated carbocycles. The van der Waals surface area contributed by atoms with Gasteiger partial charge in [-0.25, -0.2) is 0 Å². The monoisotopic (exact) mass is 292 g/mol. The van der Waals surface area contributed by atoms with Gasteiger partial charge in [0.1, 0.15) is 0 Å². The van der Waals surface area contributed by atoms with Crippen LogP contribution in [0.1, 0.15) is 37.3 Å². The second kappa shape index (κ2) is 5.98. The lowest BCUT2D eigenvalue weighted by Crippen LogP contribution is -1.95. The van der Waals surface area contributed by atoms with E-state index in [0.717, 1.165) is 27.6 Å². The SMILES string of the molecule is CCC(C)c1ccc(Cl)cc1-c1cc(C)cc(Cl)c1. The minimum absolute atomic E-state index is 0.506. The number of rotatable bonds is 3. The van der Waals surface area contributed by atoms with Crippen LogP contribution in [0.4, 0.5) is 0 Å². The molecule has 0 saturated heterocycles. The number of halogens is 2. The van der Waals surface area contributed by atoms with Crippen molar-refractivity contribution in [3.8, 4) is 11.1 Å². The van der Waals surface area contributed by atoms with Gasteiger partial charge in [-0.05, 0) is 65.8 Å². The van der Waals surface area contributed by atoms with E-state index in [4.69, 9.17) is 23.2 Å². The van der Waals surface area contributed by atoms with Crippen LogP contribution in [0.3, 0.4) is 0 Å². The third-order valence-corrected chi connectivity index (χ3v) is 3.97. The maximum absolute atomic E-state index is 6.17. The van der Waals surface area contributed by atoms with Crippen molar-refractivity contribution in [2.75, 3.05) is 0 Å². The first-order chi connectivity index (χ1) is 9.01. The van der Waals surface area contributed by atoms with E-state index in [1.54, 1.807) is 0 Å². The fourth-order valence-corrected chi connectivity index (χ4v) is 2.78. The summed E-state index contributed by atoms with van der Waals surface area (Å²) in [5, 5.41) is 1.53. The molecule has 2 aromatic carbocycles. The van der Waals surface area contributed by atoms with E-state index >= 15 is 0 Å². The Morgan fingerprint density at radius 2 is 1.74 bits per heavy atom. The van der Waals surface area contributed by atoms with Gasteiger partial charge in [-0.2, -0.15) is 0 Å². The Bertz CT molecular complexity index is 568. The van der Waals surface area contributed by atoms with Crippen LogP contribution in [0, 0.1) is 6.92 Å². The lowest BCUT2D eigenvalue weighted by molar-refractivity contribution is 0.735. The van der Waals surface area contributed by atoms with Crippen LogP contribution in [0.25, 0.3) is 11.1 Å². The number of benzene rings is 2. The van der Waals surface area contributed by atoms with Gasteiger partial charge in [0.2, 0.25) is 0 Å². The first kappa shape index (κ1) is 14.4. The number of hydrogen-bond donors (Lipinski definition) is 0. The van der Waals surface area contributed by atoms with Gasteiger partial charge >= 0.3 is 0 Å². The van der Waals surface area contributed by atoms with E-state index < -0.39 is 0 Å². The zero-order valence-corrected chi connectivity index (χ0v) is 13.0. The Kier molecular flexibility index (Phi) is 4.54. The first-order valence-electron chi connectivity index (χ1n) is 6.58. The molecule has 0 fully saturated rings. The van der Waals surface area contributed by atoms with E-state index in [1.807, 2.05) is 24.3 Å². The van der Waals surface area contributed by atoms with Crippen LogP contribution < -0.4 is 0 Å². The van der Waals surface area contributed by atoms with Crippen molar-refractivity contribution in [1.29, 1.82) is 0 Å². The molecule has 0 bridgehead atoms. The van der Waals surface area contributed by atoms with Crippen molar-refractivity contribution in [3.05, 3.63) is 57.6 Å².